The number of benzene rings is 2. The second-order valence-corrected chi connectivity index (χ2v) is 6.05. The van der Waals surface area contributed by atoms with Crippen LogP contribution in [0, 0.1) is 0 Å². The van der Waals surface area contributed by atoms with Gasteiger partial charge in [0, 0.05) is 6.54 Å². The number of hydrogen-bond donors (Lipinski definition) is 3. The molecule has 0 unspecified atom stereocenters. The highest BCUT2D eigenvalue weighted by Gasteiger charge is 2.10. The molecule has 0 saturated carbocycles. The van der Waals surface area contributed by atoms with Crippen molar-refractivity contribution in [2.75, 3.05) is 4.72 Å². The van der Waals surface area contributed by atoms with Crippen LogP contribution >= 0.6 is 0 Å². The molecule has 108 valence electrons. The highest BCUT2D eigenvalue weighted by Crippen LogP contribution is 2.16. The Morgan fingerprint density at radius 2 is 1.90 bits per heavy atom. The minimum atomic E-state index is -3.62. The predicted molar refractivity (Wildman–Crippen MR) is 81.9 cm³/mol. The summed E-state index contributed by atoms with van der Waals surface area (Å²) in [5.74, 6) is 0. The number of anilines is 1. The summed E-state index contributed by atoms with van der Waals surface area (Å²) in [7, 11) is -3.62. The second kappa shape index (κ2) is 5.55. The van der Waals surface area contributed by atoms with Gasteiger partial charge in [0.15, 0.2) is 0 Å². The number of rotatable bonds is 5. The van der Waals surface area contributed by atoms with E-state index in [-0.39, 0.29) is 6.54 Å². The molecule has 0 fully saturated rings. The first kappa shape index (κ1) is 13.6. The Morgan fingerprint density at radius 1 is 1.10 bits per heavy atom. The van der Waals surface area contributed by atoms with Gasteiger partial charge < -0.3 is 4.98 Å². The van der Waals surface area contributed by atoms with E-state index in [1.165, 1.54) is 0 Å². The molecule has 0 aliphatic carbocycles. The molecule has 0 bridgehead atoms. The Balaban J connectivity index is 1.70. The molecule has 0 atom stereocenters. The standard InChI is InChI=1S/C14H14N4O2S/c19-21(20,17-9-11-4-2-1-3-5-11)18-12-6-7-13-14(8-12)16-10-15-13/h1-8,10,17-18H,9H2,(H,15,16). The van der Waals surface area contributed by atoms with Gasteiger partial charge in [0.1, 0.15) is 0 Å². The number of aromatic amines is 1. The number of hydrogen-bond acceptors (Lipinski definition) is 3. The third-order valence-electron chi connectivity index (χ3n) is 2.98. The van der Waals surface area contributed by atoms with E-state index in [2.05, 4.69) is 19.4 Å². The average Bonchev–Trinajstić information content (AvgIpc) is 2.93. The van der Waals surface area contributed by atoms with Crippen molar-refractivity contribution in [3.05, 3.63) is 60.4 Å². The molecule has 2 aromatic carbocycles. The fraction of sp³-hybridized carbons (Fsp3) is 0.0714. The van der Waals surface area contributed by atoms with Gasteiger partial charge in [-0.05, 0) is 23.8 Å². The topological polar surface area (TPSA) is 86.9 Å². The van der Waals surface area contributed by atoms with Gasteiger partial charge in [0.25, 0.3) is 10.2 Å². The SMILES string of the molecule is O=S(=O)(NCc1ccccc1)Nc1ccc2nc[nH]c2c1. The zero-order valence-electron chi connectivity index (χ0n) is 11.1. The molecule has 0 spiro atoms. The van der Waals surface area contributed by atoms with Crippen LogP contribution in [0.15, 0.2) is 54.9 Å². The van der Waals surface area contributed by atoms with Crippen molar-refractivity contribution in [1.82, 2.24) is 14.7 Å². The lowest BCUT2D eigenvalue weighted by Crippen LogP contribution is -2.29. The van der Waals surface area contributed by atoms with Gasteiger partial charge in [0.05, 0.1) is 23.0 Å². The molecule has 0 aliphatic heterocycles. The molecule has 0 saturated heterocycles. The van der Waals surface area contributed by atoms with E-state index in [0.717, 1.165) is 16.6 Å². The minimum absolute atomic E-state index is 0.239. The fourth-order valence-corrected chi connectivity index (χ4v) is 2.83. The number of H-pyrrole nitrogens is 1. The molecule has 6 nitrogen and oxygen atoms in total. The van der Waals surface area contributed by atoms with Crippen LogP contribution in [0.1, 0.15) is 5.56 Å². The number of nitrogens with zero attached hydrogens (tertiary/aromatic N) is 1. The lowest BCUT2D eigenvalue weighted by Gasteiger charge is -2.09. The van der Waals surface area contributed by atoms with E-state index in [1.807, 2.05) is 30.3 Å². The third-order valence-corrected chi connectivity index (χ3v) is 4.01. The maximum absolute atomic E-state index is 12.0. The lowest BCUT2D eigenvalue weighted by atomic mass is 10.2. The Bertz CT molecular complexity index is 844. The molecule has 3 rings (SSSR count). The summed E-state index contributed by atoms with van der Waals surface area (Å²) in [6, 6.07) is 14.5. The van der Waals surface area contributed by atoms with Crippen LogP contribution in [-0.2, 0) is 16.8 Å². The van der Waals surface area contributed by atoms with Crippen molar-refractivity contribution in [1.29, 1.82) is 0 Å². The molecule has 1 aromatic heterocycles. The highest BCUT2D eigenvalue weighted by molar-refractivity contribution is 7.90. The quantitative estimate of drug-likeness (QED) is 0.674. The fourth-order valence-electron chi connectivity index (χ4n) is 1.96. The maximum atomic E-state index is 12.0. The molecule has 7 heteroatoms. The Hall–Kier alpha value is -2.38. The first-order chi connectivity index (χ1) is 10.1. The number of aromatic nitrogens is 2. The summed E-state index contributed by atoms with van der Waals surface area (Å²) in [6.07, 6.45) is 1.57. The summed E-state index contributed by atoms with van der Waals surface area (Å²) in [4.78, 5) is 7.02. The van der Waals surface area contributed by atoms with E-state index in [9.17, 15) is 8.42 Å². The van der Waals surface area contributed by atoms with E-state index in [4.69, 9.17) is 0 Å². The van der Waals surface area contributed by atoms with Crippen molar-refractivity contribution >= 4 is 26.9 Å². The van der Waals surface area contributed by atoms with Crippen molar-refractivity contribution in [2.45, 2.75) is 6.54 Å². The second-order valence-electron chi connectivity index (χ2n) is 4.55. The molecule has 3 N–H and O–H groups in total. The van der Waals surface area contributed by atoms with E-state index in [1.54, 1.807) is 24.5 Å². The molecular weight excluding hydrogens is 288 g/mol. The van der Waals surface area contributed by atoms with Crippen LogP contribution in [0.5, 0.6) is 0 Å². The van der Waals surface area contributed by atoms with Crippen molar-refractivity contribution < 1.29 is 8.42 Å². The smallest absolute Gasteiger partial charge is 0.299 e. The zero-order valence-corrected chi connectivity index (χ0v) is 11.9. The molecule has 0 radical (unpaired) electrons. The highest BCUT2D eigenvalue weighted by atomic mass is 32.2. The maximum Gasteiger partial charge on any atom is 0.299 e. The molecular formula is C14H14N4O2S. The summed E-state index contributed by atoms with van der Waals surface area (Å²) < 4.78 is 29.0. The summed E-state index contributed by atoms with van der Waals surface area (Å²) in [5, 5.41) is 0. The van der Waals surface area contributed by atoms with Crippen molar-refractivity contribution in [2.24, 2.45) is 0 Å². The number of nitrogens with one attached hydrogen (secondary N) is 3. The summed E-state index contributed by atoms with van der Waals surface area (Å²) in [5.41, 5.74) is 2.94. The van der Waals surface area contributed by atoms with Crippen LogP contribution in [0.3, 0.4) is 0 Å². The van der Waals surface area contributed by atoms with E-state index in [0.29, 0.717) is 5.69 Å². The van der Waals surface area contributed by atoms with Crippen molar-refractivity contribution in [3.63, 3.8) is 0 Å². The molecule has 0 aliphatic rings. The normalized spacial score (nSPS) is 11.6. The zero-order chi connectivity index (χ0) is 14.7. The summed E-state index contributed by atoms with van der Waals surface area (Å²) in [6.45, 7) is 0.239. The largest absolute Gasteiger partial charge is 0.345 e. The van der Waals surface area contributed by atoms with Crippen LogP contribution in [-0.4, -0.2) is 18.4 Å². The summed E-state index contributed by atoms with van der Waals surface area (Å²) >= 11 is 0. The van der Waals surface area contributed by atoms with Gasteiger partial charge in [0.2, 0.25) is 0 Å². The van der Waals surface area contributed by atoms with Gasteiger partial charge in [-0.25, -0.2) is 4.98 Å². The van der Waals surface area contributed by atoms with Gasteiger partial charge >= 0.3 is 0 Å². The van der Waals surface area contributed by atoms with Gasteiger partial charge in [-0.3, -0.25) is 4.72 Å². The number of fused-ring (bicyclic) bond motifs is 1. The molecule has 3 aromatic rings. The van der Waals surface area contributed by atoms with Gasteiger partial charge in [-0.2, -0.15) is 13.1 Å². The molecule has 21 heavy (non-hydrogen) atoms. The monoisotopic (exact) mass is 302 g/mol. The Labute approximate surface area is 122 Å². The van der Waals surface area contributed by atoms with Crippen LogP contribution in [0.2, 0.25) is 0 Å². The first-order valence-corrected chi connectivity index (χ1v) is 7.85. The first-order valence-electron chi connectivity index (χ1n) is 6.37. The van der Waals surface area contributed by atoms with E-state index >= 15 is 0 Å². The lowest BCUT2D eigenvalue weighted by molar-refractivity contribution is 0.587. The van der Waals surface area contributed by atoms with E-state index < -0.39 is 10.2 Å². The average molecular weight is 302 g/mol. The number of imidazole rings is 1. The van der Waals surface area contributed by atoms with Gasteiger partial charge in [-0.15, -0.1) is 0 Å². The van der Waals surface area contributed by atoms with Crippen LogP contribution < -0.4 is 9.44 Å². The predicted octanol–water partition coefficient (Wildman–Crippen LogP) is 2.01. The van der Waals surface area contributed by atoms with Crippen LogP contribution in [0.25, 0.3) is 11.0 Å². The molecule has 0 amide bonds. The molecule has 1 heterocycles. The Morgan fingerprint density at radius 3 is 2.71 bits per heavy atom. The van der Waals surface area contributed by atoms with Gasteiger partial charge in [-0.1, -0.05) is 30.3 Å². The third kappa shape index (κ3) is 3.39. The minimum Gasteiger partial charge on any atom is -0.345 e. The van der Waals surface area contributed by atoms with Crippen LogP contribution in [0.4, 0.5) is 5.69 Å². The Kier molecular flexibility index (Phi) is 3.59. The van der Waals surface area contributed by atoms with Crippen molar-refractivity contribution in [3.8, 4) is 0 Å².